The summed E-state index contributed by atoms with van der Waals surface area (Å²) < 4.78 is 14.7. The number of ketones is 1. The van der Waals surface area contributed by atoms with Crippen molar-refractivity contribution < 1.29 is 67.1 Å². The lowest BCUT2D eigenvalue weighted by molar-refractivity contribution is -0.117. The fourth-order valence-corrected chi connectivity index (χ4v) is 12.0. The summed E-state index contributed by atoms with van der Waals surface area (Å²) in [6.07, 6.45) is 16.5. The number of carbonyl (C=O) groups is 14. The number of hydrogen-bond donors (Lipinski definition) is 13. The Bertz CT molecular complexity index is 5460. The number of anilines is 9. The first kappa shape index (κ1) is 82.7. The zero-order valence-corrected chi connectivity index (χ0v) is 65.1. The van der Waals surface area contributed by atoms with Gasteiger partial charge in [0.2, 0.25) is 52.7 Å². The van der Waals surface area contributed by atoms with E-state index in [4.69, 9.17) is 0 Å². The fraction of sp³-hybridized carbons (Fsp3) is 0.329. The minimum Gasteiger partial charge on any atom is -0.351 e. The Kier molecular flexibility index (Phi) is 26.2. The lowest BCUT2D eigenvalue weighted by Crippen LogP contribution is -2.29. The molecule has 10 aromatic heterocycles. The predicted molar refractivity (Wildman–Crippen MR) is 418 cm³/mol. The van der Waals surface area contributed by atoms with Gasteiger partial charge in [0.15, 0.2) is 34.9 Å². The monoisotopic (exact) mass is 1580 g/mol. The van der Waals surface area contributed by atoms with Crippen LogP contribution in [0.5, 0.6) is 0 Å². The van der Waals surface area contributed by atoms with Crippen molar-refractivity contribution in [1.82, 2.24) is 91.9 Å². The molecular formula is C73H88N28O14. The number of aryl methyl sites for hydroxylation is 10. The molecule has 0 aliphatic rings. The number of nitrogens with one attached hydrogen (secondary N) is 13. The standard InChI is InChI=1S/C73H88N28O14/c1-13-16-56(103)82-51-35-97(8)60(86-51)50(102)25-40-24-45(92(3)30-40)69(111)78-41-26-48(93(4)31-41)67(109)76-22-18-58(105)84-53-37-99(10)62(88-53)71(113)79-43-28-47(95(6)33-43)66(108)75-21-15-17-57(104)83-52-36-98(9)61(87-52)70(112)80-44-29-49(96(7)34-44)68(110)77-23-19-59(106)85-54-38-100(11)64(89-54)73(115)91-55-39-101(12)63(90-55)72(114)81-42-27-46(94(5)32-42)65(107)74-20-14-2/h24,26-39H,13-23,25H2,1-12H3,(H,74,107)(H,75,108)(H,76,109)(H,77,110)(H,78,111)(H,79,113)(H,80,112)(H,81,114)(H,82,103)(H,83,104)(H,84,105)(H,85,106)(H,91,115). The number of rotatable bonds is 35. The summed E-state index contributed by atoms with van der Waals surface area (Å²) in [7, 11) is 15.9. The van der Waals surface area contributed by atoms with E-state index in [2.05, 4.69) is 94.0 Å². The van der Waals surface area contributed by atoms with Crippen LogP contribution >= 0.6 is 0 Å². The highest BCUT2D eigenvalue weighted by molar-refractivity contribution is 6.08. The van der Waals surface area contributed by atoms with Gasteiger partial charge in [-0.15, -0.1) is 0 Å². The number of hydrogen-bond acceptors (Lipinski definition) is 19. The summed E-state index contributed by atoms with van der Waals surface area (Å²) in [5.74, 6) is -6.74. The molecule has 42 nitrogen and oxygen atoms in total. The van der Waals surface area contributed by atoms with E-state index in [-0.39, 0.29) is 162 Å². The third-order valence-corrected chi connectivity index (χ3v) is 17.5. The van der Waals surface area contributed by atoms with Crippen LogP contribution < -0.4 is 69.1 Å². The van der Waals surface area contributed by atoms with Crippen molar-refractivity contribution in [1.29, 1.82) is 0 Å². The molecule has 42 heteroatoms. The first-order valence-corrected chi connectivity index (χ1v) is 36.1. The van der Waals surface area contributed by atoms with Gasteiger partial charge < -0.3 is 115 Å². The van der Waals surface area contributed by atoms with Gasteiger partial charge in [-0.1, -0.05) is 13.8 Å². The summed E-state index contributed by atoms with van der Waals surface area (Å²) in [6, 6.07) is 7.44. The average molecular weight is 1580 g/mol. The first-order valence-electron chi connectivity index (χ1n) is 36.1. The highest BCUT2D eigenvalue weighted by Gasteiger charge is 2.27. The molecule has 0 aliphatic heterocycles. The topological polar surface area (TPSA) is 509 Å². The second-order valence-corrected chi connectivity index (χ2v) is 27.0. The van der Waals surface area contributed by atoms with Crippen molar-refractivity contribution in [2.75, 3.05) is 74.0 Å². The van der Waals surface area contributed by atoms with E-state index >= 15 is 0 Å². The van der Waals surface area contributed by atoms with E-state index in [1.54, 1.807) is 103 Å². The Morgan fingerprint density at radius 3 is 0.922 bits per heavy atom. The number of carbonyl (C=O) groups excluding carboxylic acids is 14. The largest absolute Gasteiger partial charge is 0.351 e. The maximum absolute atomic E-state index is 13.4. The number of imidazole rings is 5. The van der Waals surface area contributed by atoms with Gasteiger partial charge >= 0.3 is 0 Å². The SMILES string of the molecule is CCCNC(=O)c1cc(NC(=O)c2nc(NC(=O)c3nc(NC(=O)CCNC(=O)c4cc(NC(=O)c5nc(NC(=O)CCCNC(=O)c6cc(NC(=O)c7nc(NC(=O)CCNC(=O)c8cc(NC(=O)c9cc(CC(=O)c%10nc(NC(=O)CCC)cn%10C)cn9C)cn8C)cn7C)cn6C)cn5C)cn4C)cn3C)cn2C)cn1C. The molecule has 10 heterocycles. The summed E-state index contributed by atoms with van der Waals surface area (Å²) in [5.41, 5.74) is 2.80. The van der Waals surface area contributed by atoms with Crippen LogP contribution in [0.1, 0.15) is 170 Å². The second-order valence-electron chi connectivity index (χ2n) is 27.0. The Morgan fingerprint density at radius 2 is 0.557 bits per heavy atom. The normalized spacial score (nSPS) is 11.0. The second kappa shape index (κ2) is 36.4. The molecule has 10 rings (SSSR count). The highest BCUT2D eigenvalue weighted by Crippen LogP contribution is 2.23. The number of amides is 13. The van der Waals surface area contributed by atoms with Crippen LogP contribution in [-0.2, 0) is 96.1 Å². The lowest BCUT2D eigenvalue weighted by Gasteiger charge is -2.06. The molecule has 0 saturated heterocycles. The summed E-state index contributed by atoms with van der Waals surface area (Å²) in [5, 5.41) is 34.9. The molecule has 0 atom stereocenters. The van der Waals surface area contributed by atoms with E-state index in [1.165, 1.54) is 105 Å². The average Bonchev–Trinajstić information content (AvgIpc) is 1.69. The van der Waals surface area contributed by atoms with E-state index in [9.17, 15) is 67.1 Å². The van der Waals surface area contributed by atoms with Gasteiger partial charge in [-0.05, 0) is 55.2 Å². The van der Waals surface area contributed by atoms with Crippen LogP contribution in [0, 0.1) is 0 Å². The predicted octanol–water partition coefficient (Wildman–Crippen LogP) is 3.28. The quantitative estimate of drug-likeness (QED) is 0.0200. The zero-order valence-electron chi connectivity index (χ0n) is 65.1. The third-order valence-electron chi connectivity index (χ3n) is 17.5. The molecule has 0 unspecified atom stereocenters. The van der Waals surface area contributed by atoms with Crippen LogP contribution in [-0.4, -0.2) is 179 Å². The van der Waals surface area contributed by atoms with Gasteiger partial charge in [0.05, 0.1) is 22.7 Å². The van der Waals surface area contributed by atoms with Crippen LogP contribution in [0.2, 0.25) is 0 Å². The van der Waals surface area contributed by atoms with Crippen molar-refractivity contribution >= 4 is 134 Å². The molecule has 0 fully saturated rings. The van der Waals surface area contributed by atoms with Gasteiger partial charge in [-0.2, -0.15) is 0 Å². The minimum absolute atomic E-state index is 0.0381. The van der Waals surface area contributed by atoms with Crippen LogP contribution in [0.4, 0.5) is 51.8 Å². The minimum atomic E-state index is -0.694. The summed E-state index contributed by atoms with van der Waals surface area (Å²) >= 11 is 0. The zero-order chi connectivity index (χ0) is 83.2. The molecule has 115 heavy (non-hydrogen) atoms. The van der Waals surface area contributed by atoms with Crippen molar-refractivity contribution in [2.45, 2.75) is 65.2 Å². The Morgan fingerprint density at radius 1 is 0.270 bits per heavy atom. The Labute approximate surface area is 656 Å². The number of aromatic nitrogens is 15. The third kappa shape index (κ3) is 21.0. The van der Waals surface area contributed by atoms with Crippen molar-refractivity contribution in [3.8, 4) is 0 Å². The van der Waals surface area contributed by atoms with Crippen LogP contribution in [0.3, 0.4) is 0 Å². The molecule has 0 radical (unpaired) electrons. The molecule has 0 spiro atoms. The number of Topliss-reactive ketones (excluding diaryl/α,β-unsaturated/α-hetero) is 1. The lowest BCUT2D eigenvalue weighted by atomic mass is 10.1. The van der Waals surface area contributed by atoms with E-state index in [0.717, 1.165) is 6.42 Å². The van der Waals surface area contributed by atoms with Gasteiger partial charge in [0.1, 0.15) is 28.5 Å². The summed E-state index contributed by atoms with van der Waals surface area (Å²) in [6.45, 7) is 4.20. The van der Waals surface area contributed by atoms with E-state index in [1.807, 2.05) is 13.8 Å². The maximum atomic E-state index is 13.4. The van der Waals surface area contributed by atoms with Gasteiger partial charge in [0, 0.05) is 191 Å². The van der Waals surface area contributed by atoms with Gasteiger partial charge in [0.25, 0.3) is 53.2 Å². The van der Waals surface area contributed by atoms with E-state index < -0.39 is 65.0 Å². The Balaban J connectivity index is 0.596. The van der Waals surface area contributed by atoms with Crippen LogP contribution in [0.15, 0.2) is 92.3 Å². The molecule has 0 saturated carbocycles. The van der Waals surface area contributed by atoms with E-state index in [0.29, 0.717) is 42.0 Å². The fourth-order valence-electron chi connectivity index (χ4n) is 12.0. The van der Waals surface area contributed by atoms with Gasteiger partial charge in [-0.25, -0.2) is 24.9 Å². The molecular weight excluding hydrogens is 1490 g/mol. The molecule has 10 aromatic rings. The molecule has 604 valence electrons. The summed E-state index contributed by atoms with van der Waals surface area (Å²) in [4.78, 5) is 204. The molecule has 13 N–H and O–H groups in total. The molecule has 0 aliphatic carbocycles. The highest BCUT2D eigenvalue weighted by atomic mass is 16.2. The molecule has 0 bridgehead atoms. The molecule has 0 aromatic carbocycles. The first-order chi connectivity index (χ1) is 54.7. The maximum Gasteiger partial charge on any atom is 0.292 e. The van der Waals surface area contributed by atoms with Crippen molar-refractivity contribution in [3.63, 3.8) is 0 Å². The van der Waals surface area contributed by atoms with Crippen LogP contribution in [0.25, 0.3) is 0 Å². The number of nitrogens with zero attached hydrogens (tertiary/aromatic N) is 15. The molecule has 13 amide bonds. The van der Waals surface area contributed by atoms with Gasteiger partial charge in [-0.3, -0.25) is 67.1 Å². The Hall–Kier alpha value is -14.8. The van der Waals surface area contributed by atoms with Crippen molar-refractivity contribution in [2.24, 2.45) is 70.5 Å². The smallest absolute Gasteiger partial charge is 0.292 e. The van der Waals surface area contributed by atoms with Crippen molar-refractivity contribution in [3.05, 3.63) is 155 Å².